The Kier molecular flexibility index (Phi) is 5.84. The van der Waals surface area contributed by atoms with E-state index in [0.717, 1.165) is 37.9 Å². The van der Waals surface area contributed by atoms with Crippen molar-refractivity contribution >= 4 is 16.8 Å². The van der Waals surface area contributed by atoms with E-state index in [1.54, 1.807) is 6.20 Å². The van der Waals surface area contributed by atoms with Gasteiger partial charge in [0.1, 0.15) is 0 Å². The molecule has 0 fully saturated rings. The Balaban J connectivity index is 1.59. The zero-order valence-corrected chi connectivity index (χ0v) is 17.4. The Morgan fingerprint density at radius 1 is 1.17 bits per heavy atom. The molecule has 1 amide bonds. The molecule has 1 aromatic carbocycles. The minimum absolute atomic E-state index is 0.0404. The van der Waals surface area contributed by atoms with Crippen LogP contribution >= 0.6 is 0 Å². The largest absolute Gasteiger partial charge is 0.361 e. The number of aromatic amines is 1. The number of nitrogens with zero attached hydrogens (tertiary/aromatic N) is 3. The van der Waals surface area contributed by atoms with Crippen molar-refractivity contribution in [3.63, 3.8) is 0 Å². The third kappa shape index (κ3) is 4.14. The van der Waals surface area contributed by atoms with Crippen LogP contribution in [0.1, 0.15) is 56.2 Å². The minimum atomic E-state index is 0.0404. The molecule has 1 aliphatic heterocycles. The summed E-state index contributed by atoms with van der Waals surface area (Å²) in [6.45, 7) is 5.94. The molecule has 1 atom stereocenters. The quantitative estimate of drug-likeness (QED) is 0.514. The zero-order chi connectivity index (χ0) is 20.2. The molecule has 1 N–H and O–H groups in total. The highest BCUT2D eigenvalue weighted by Gasteiger charge is 2.34. The van der Waals surface area contributed by atoms with Crippen LogP contribution < -0.4 is 0 Å². The summed E-state index contributed by atoms with van der Waals surface area (Å²) < 4.78 is 2.07. The zero-order valence-electron chi connectivity index (χ0n) is 17.4. The van der Waals surface area contributed by atoms with Crippen LogP contribution in [0.2, 0.25) is 0 Å². The van der Waals surface area contributed by atoms with E-state index in [-0.39, 0.29) is 11.9 Å². The molecule has 0 radical (unpaired) electrons. The van der Waals surface area contributed by atoms with Crippen LogP contribution in [0.5, 0.6) is 0 Å². The SMILES string of the molecule is CCCCCC1=CC(=O)N(CCCn2ccnc2)C1c1c[nH]c2cc(C)ccc12. The van der Waals surface area contributed by atoms with Gasteiger partial charge in [0.15, 0.2) is 0 Å². The second-order valence-corrected chi connectivity index (χ2v) is 8.06. The first-order valence-corrected chi connectivity index (χ1v) is 10.7. The number of aryl methyl sites for hydroxylation is 2. The van der Waals surface area contributed by atoms with Crippen LogP contribution in [0.4, 0.5) is 0 Å². The Hall–Kier alpha value is -2.82. The molecule has 0 bridgehead atoms. The highest BCUT2D eigenvalue weighted by molar-refractivity contribution is 5.94. The summed E-state index contributed by atoms with van der Waals surface area (Å²) in [6.07, 6.45) is 15.0. The van der Waals surface area contributed by atoms with Crippen LogP contribution in [0.3, 0.4) is 0 Å². The van der Waals surface area contributed by atoms with Crippen molar-refractivity contribution in [2.75, 3.05) is 6.54 Å². The molecule has 0 spiro atoms. The van der Waals surface area contributed by atoms with Gasteiger partial charge in [0.2, 0.25) is 5.91 Å². The van der Waals surface area contributed by atoms with Gasteiger partial charge < -0.3 is 14.5 Å². The summed E-state index contributed by atoms with van der Waals surface area (Å²) in [5.41, 5.74) is 4.86. The van der Waals surface area contributed by atoms with Crippen molar-refractivity contribution in [2.45, 2.75) is 58.5 Å². The molecular formula is C24H30N4O. The normalized spacial score (nSPS) is 16.8. The van der Waals surface area contributed by atoms with Gasteiger partial charge in [0, 0.05) is 54.2 Å². The molecule has 4 rings (SSSR count). The van der Waals surface area contributed by atoms with Crippen LogP contribution in [0.15, 0.2) is 54.8 Å². The summed E-state index contributed by atoms with van der Waals surface area (Å²) >= 11 is 0. The van der Waals surface area contributed by atoms with E-state index in [1.165, 1.54) is 34.9 Å². The number of hydrogen-bond donors (Lipinski definition) is 1. The molecule has 3 aromatic rings. The van der Waals surface area contributed by atoms with Gasteiger partial charge in [0.05, 0.1) is 12.4 Å². The average molecular weight is 391 g/mol. The molecule has 152 valence electrons. The average Bonchev–Trinajstić information content (AvgIpc) is 3.42. The summed E-state index contributed by atoms with van der Waals surface area (Å²) in [7, 11) is 0. The van der Waals surface area contributed by atoms with E-state index in [1.807, 2.05) is 18.6 Å². The summed E-state index contributed by atoms with van der Waals surface area (Å²) in [5.74, 6) is 0.147. The van der Waals surface area contributed by atoms with Gasteiger partial charge in [0.25, 0.3) is 0 Å². The molecule has 29 heavy (non-hydrogen) atoms. The molecule has 1 aliphatic rings. The molecule has 0 saturated carbocycles. The van der Waals surface area contributed by atoms with Gasteiger partial charge in [-0.25, -0.2) is 4.98 Å². The van der Waals surface area contributed by atoms with E-state index in [9.17, 15) is 4.79 Å². The van der Waals surface area contributed by atoms with E-state index in [4.69, 9.17) is 0 Å². The predicted molar refractivity (Wildman–Crippen MR) is 117 cm³/mol. The lowest BCUT2D eigenvalue weighted by atomic mass is 9.94. The number of unbranched alkanes of at least 4 members (excludes halogenated alkanes) is 2. The highest BCUT2D eigenvalue weighted by Crippen LogP contribution is 2.40. The van der Waals surface area contributed by atoms with Crippen molar-refractivity contribution in [1.29, 1.82) is 0 Å². The lowest BCUT2D eigenvalue weighted by Gasteiger charge is -2.28. The Morgan fingerprint density at radius 3 is 2.86 bits per heavy atom. The number of imidazole rings is 1. The number of H-pyrrole nitrogens is 1. The summed E-state index contributed by atoms with van der Waals surface area (Å²) in [5, 5.41) is 1.22. The van der Waals surface area contributed by atoms with Crippen LogP contribution in [0, 0.1) is 6.92 Å². The Morgan fingerprint density at radius 2 is 2.07 bits per heavy atom. The van der Waals surface area contributed by atoms with Gasteiger partial charge in [-0.3, -0.25) is 4.79 Å². The molecule has 0 aliphatic carbocycles. The maximum Gasteiger partial charge on any atom is 0.247 e. The molecule has 3 heterocycles. The third-order valence-corrected chi connectivity index (χ3v) is 5.86. The molecule has 5 heteroatoms. The number of aromatic nitrogens is 3. The molecule has 5 nitrogen and oxygen atoms in total. The van der Waals surface area contributed by atoms with Crippen LogP contribution in [0.25, 0.3) is 10.9 Å². The second-order valence-electron chi connectivity index (χ2n) is 8.06. The second kappa shape index (κ2) is 8.68. The fraction of sp³-hybridized carbons (Fsp3) is 0.417. The first-order valence-electron chi connectivity index (χ1n) is 10.7. The van der Waals surface area contributed by atoms with E-state index < -0.39 is 0 Å². The third-order valence-electron chi connectivity index (χ3n) is 5.86. The topological polar surface area (TPSA) is 53.9 Å². The number of nitrogens with one attached hydrogen (secondary N) is 1. The van der Waals surface area contributed by atoms with E-state index in [0.29, 0.717) is 0 Å². The van der Waals surface area contributed by atoms with Gasteiger partial charge in [-0.2, -0.15) is 0 Å². The monoisotopic (exact) mass is 390 g/mol. The number of carbonyl (C=O) groups is 1. The van der Waals surface area contributed by atoms with Crippen molar-refractivity contribution in [2.24, 2.45) is 0 Å². The van der Waals surface area contributed by atoms with Gasteiger partial charge in [-0.15, -0.1) is 0 Å². The maximum atomic E-state index is 12.9. The number of rotatable bonds is 9. The Labute approximate surface area is 172 Å². The first kappa shape index (κ1) is 19.5. The summed E-state index contributed by atoms with van der Waals surface area (Å²) in [4.78, 5) is 22.5. The number of benzene rings is 1. The lowest BCUT2D eigenvalue weighted by Crippen LogP contribution is -2.31. The van der Waals surface area contributed by atoms with Gasteiger partial charge >= 0.3 is 0 Å². The van der Waals surface area contributed by atoms with Crippen LogP contribution in [-0.4, -0.2) is 31.9 Å². The minimum Gasteiger partial charge on any atom is -0.361 e. The number of carbonyl (C=O) groups excluding carboxylic acids is 1. The van der Waals surface area contributed by atoms with Gasteiger partial charge in [-0.05, 0) is 43.4 Å². The standard InChI is InChI=1S/C24H30N4O/c1-3-4-5-7-19-15-23(29)28(12-6-11-27-13-10-25-17-27)24(19)21-16-26-22-14-18(2)8-9-20(21)22/h8-10,13-17,24,26H,3-7,11-12H2,1-2H3. The predicted octanol–water partition coefficient (Wildman–Crippen LogP) is 5.15. The molecule has 1 unspecified atom stereocenters. The van der Waals surface area contributed by atoms with Crippen molar-refractivity contribution < 1.29 is 4.79 Å². The molecular weight excluding hydrogens is 360 g/mol. The van der Waals surface area contributed by atoms with Crippen molar-refractivity contribution in [3.8, 4) is 0 Å². The smallest absolute Gasteiger partial charge is 0.247 e. The fourth-order valence-electron chi connectivity index (χ4n) is 4.37. The van der Waals surface area contributed by atoms with Crippen molar-refractivity contribution in [1.82, 2.24) is 19.4 Å². The van der Waals surface area contributed by atoms with E-state index in [2.05, 4.69) is 57.7 Å². The van der Waals surface area contributed by atoms with Crippen molar-refractivity contribution in [3.05, 3.63) is 65.9 Å². The number of amides is 1. The van der Waals surface area contributed by atoms with Gasteiger partial charge in [-0.1, -0.05) is 31.9 Å². The Bertz CT molecular complexity index is 999. The van der Waals surface area contributed by atoms with Crippen LogP contribution in [-0.2, 0) is 11.3 Å². The summed E-state index contributed by atoms with van der Waals surface area (Å²) in [6, 6.07) is 6.56. The fourth-order valence-corrected chi connectivity index (χ4v) is 4.37. The molecule has 2 aromatic heterocycles. The highest BCUT2D eigenvalue weighted by atomic mass is 16.2. The number of hydrogen-bond acceptors (Lipinski definition) is 2. The molecule has 0 saturated heterocycles. The lowest BCUT2D eigenvalue weighted by molar-refractivity contribution is -0.126. The first-order chi connectivity index (χ1) is 14.2. The maximum absolute atomic E-state index is 12.9. The van der Waals surface area contributed by atoms with E-state index >= 15 is 0 Å². The number of fused-ring (bicyclic) bond motifs is 1.